The van der Waals surface area contributed by atoms with Gasteiger partial charge in [-0.1, -0.05) is 32.9 Å². The van der Waals surface area contributed by atoms with Crippen molar-refractivity contribution in [2.75, 3.05) is 6.61 Å². The topological polar surface area (TPSA) is 90.1 Å². The molecule has 32 heavy (non-hydrogen) atoms. The average Bonchev–Trinajstić information content (AvgIpc) is 3.30. The van der Waals surface area contributed by atoms with Crippen LogP contribution in [0.2, 0.25) is 0 Å². The van der Waals surface area contributed by atoms with Gasteiger partial charge in [-0.05, 0) is 65.9 Å². The molecule has 0 aliphatic carbocycles. The number of hydrogen-bond donors (Lipinski definition) is 1. The van der Waals surface area contributed by atoms with E-state index in [2.05, 4.69) is 31.3 Å². The lowest BCUT2D eigenvalue weighted by atomic mass is 9.87. The van der Waals surface area contributed by atoms with Crippen LogP contribution in [0.4, 0.5) is 0 Å². The van der Waals surface area contributed by atoms with Crippen LogP contribution in [0.5, 0.6) is 11.5 Å². The number of amides is 1. The SMILES string of the molecule is CCOc1cc(C=NNC(=O)c2ccc(C(C)(C)C)cc2)ccc1OC(=O)c1ccco1. The highest BCUT2D eigenvalue weighted by Crippen LogP contribution is 2.29. The standard InChI is InChI=1S/C25H26N2O5/c1-5-30-22-15-17(8-13-20(22)32-24(29)21-7-6-14-31-21)16-26-27-23(28)18-9-11-19(12-10-18)25(2,3)4/h6-16H,5H2,1-4H3,(H,27,28). The van der Waals surface area contributed by atoms with Crippen LogP contribution in [-0.2, 0) is 5.41 Å². The van der Waals surface area contributed by atoms with Crippen LogP contribution in [0.15, 0.2) is 70.4 Å². The summed E-state index contributed by atoms with van der Waals surface area (Å²) in [5.41, 5.74) is 4.86. The Hall–Kier alpha value is -3.87. The van der Waals surface area contributed by atoms with E-state index >= 15 is 0 Å². The third-order valence-electron chi connectivity index (χ3n) is 4.59. The number of benzene rings is 2. The molecular formula is C25H26N2O5. The van der Waals surface area contributed by atoms with Gasteiger partial charge in [0, 0.05) is 5.56 Å². The maximum absolute atomic E-state index is 12.3. The summed E-state index contributed by atoms with van der Waals surface area (Å²) in [4.78, 5) is 24.5. The first-order chi connectivity index (χ1) is 15.3. The summed E-state index contributed by atoms with van der Waals surface area (Å²) < 4.78 is 16.0. The second kappa shape index (κ2) is 9.96. The molecule has 0 aliphatic rings. The van der Waals surface area contributed by atoms with E-state index in [0.717, 1.165) is 5.56 Å². The molecule has 0 atom stereocenters. The average molecular weight is 434 g/mol. The van der Waals surface area contributed by atoms with Gasteiger partial charge >= 0.3 is 5.97 Å². The molecular weight excluding hydrogens is 408 g/mol. The van der Waals surface area contributed by atoms with Crippen molar-refractivity contribution < 1.29 is 23.5 Å². The normalized spacial score (nSPS) is 11.4. The smallest absolute Gasteiger partial charge is 0.379 e. The number of hydrazone groups is 1. The zero-order valence-corrected chi connectivity index (χ0v) is 18.5. The molecule has 3 rings (SSSR count). The van der Waals surface area contributed by atoms with Gasteiger partial charge in [0.2, 0.25) is 5.76 Å². The zero-order valence-electron chi connectivity index (χ0n) is 18.5. The largest absolute Gasteiger partial charge is 0.490 e. The highest BCUT2D eigenvalue weighted by Gasteiger charge is 2.16. The van der Waals surface area contributed by atoms with E-state index in [1.165, 1.54) is 18.5 Å². The van der Waals surface area contributed by atoms with Crippen LogP contribution in [0.3, 0.4) is 0 Å². The number of furan rings is 1. The summed E-state index contributed by atoms with van der Waals surface area (Å²) >= 11 is 0. The highest BCUT2D eigenvalue weighted by molar-refractivity contribution is 5.95. The van der Waals surface area contributed by atoms with Crippen molar-refractivity contribution in [2.24, 2.45) is 5.10 Å². The third kappa shape index (κ3) is 5.85. The van der Waals surface area contributed by atoms with Crippen molar-refractivity contribution in [3.05, 3.63) is 83.3 Å². The van der Waals surface area contributed by atoms with Crippen LogP contribution < -0.4 is 14.9 Å². The number of carbonyl (C=O) groups is 2. The lowest BCUT2D eigenvalue weighted by Crippen LogP contribution is -2.18. The predicted octanol–water partition coefficient (Wildman–Crippen LogP) is 4.96. The summed E-state index contributed by atoms with van der Waals surface area (Å²) in [6, 6.07) is 15.5. The Balaban J connectivity index is 1.66. The van der Waals surface area contributed by atoms with E-state index in [1.54, 1.807) is 36.4 Å². The van der Waals surface area contributed by atoms with Gasteiger partial charge in [-0.15, -0.1) is 0 Å². The molecule has 0 fully saturated rings. The molecule has 7 heteroatoms. The molecule has 0 bridgehead atoms. The number of nitrogens with one attached hydrogen (secondary N) is 1. The third-order valence-corrected chi connectivity index (χ3v) is 4.59. The van der Waals surface area contributed by atoms with E-state index < -0.39 is 5.97 Å². The minimum atomic E-state index is -0.623. The first kappa shape index (κ1) is 22.8. The van der Waals surface area contributed by atoms with Gasteiger partial charge in [0.05, 0.1) is 19.1 Å². The second-order valence-corrected chi connectivity index (χ2v) is 8.03. The van der Waals surface area contributed by atoms with Crippen molar-refractivity contribution in [1.82, 2.24) is 5.43 Å². The maximum Gasteiger partial charge on any atom is 0.379 e. The summed E-state index contributed by atoms with van der Waals surface area (Å²) in [6.07, 6.45) is 2.88. The number of nitrogens with zero attached hydrogens (tertiary/aromatic N) is 1. The predicted molar refractivity (Wildman–Crippen MR) is 121 cm³/mol. The van der Waals surface area contributed by atoms with Gasteiger partial charge in [-0.2, -0.15) is 5.10 Å². The van der Waals surface area contributed by atoms with Crippen LogP contribution in [-0.4, -0.2) is 24.7 Å². The fraction of sp³-hybridized carbons (Fsp3) is 0.240. The van der Waals surface area contributed by atoms with Crippen LogP contribution in [0.25, 0.3) is 0 Å². The lowest BCUT2D eigenvalue weighted by molar-refractivity contribution is 0.0695. The van der Waals surface area contributed by atoms with E-state index in [9.17, 15) is 9.59 Å². The van der Waals surface area contributed by atoms with E-state index in [0.29, 0.717) is 23.5 Å². The highest BCUT2D eigenvalue weighted by atomic mass is 16.6. The second-order valence-electron chi connectivity index (χ2n) is 8.03. The Labute approximate surface area is 187 Å². The molecule has 1 heterocycles. The molecule has 0 radical (unpaired) electrons. The Morgan fingerprint density at radius 2 is 1.81 bits per heavy atom. The van der Waals surface area contributed by atoms with Crippen molar-refractivity contribution in [3.63, 3.8) is 0 Å². The molecule has 0 spiro atoms. The molecule has 7 nitrogen and oxygen atoms in total. The quantitative estimate of drug-likeness (QED) is 0.246. The first-order valence-electron chi connectivity index (χ1n) is 10.2. The van der Waals surface area contributed by atoms with E-state index in [-0.39, 0.29) is 22.8 Å². The minimum Gasteiger partial charge on any atom is -0.490 e. The molecule has 166 valence electrons. The van der Waals surface area contributed by atoms with Gasteiger partial charge in [0.15, 0.2) is 11.5 Å². The van der Waals surface area contributed by atoms with Crippen LogP contribution >= 0.6 is 0 Å². The fourth-order valence-corrected chi connectivity index (χ4v) is 2.85. The van der Waals surface area contributed by atoms with Gasteiger partial charge in [0.25, 0.3) is 5.91 Å². The summed E-state index contributed by atoms with van der Waals surface area (Å²) in [6.45, 7) is 8.56. The van der Waals surface area contributed by atoms with Crippen molar-refractivity contribution in [1.29, 1.82) is 0 Å². The van der Waals surface area contributed by atoms with Gasteiger partial charge in [0.1, 0.15) is 0 Å². The monoisotopic (exact) mass is 434 g/mol. The molecule has 1 aromatic heterocycles. The summed E-state index contributed by atoms with van der Waals surface area (Å²) in [5.74, 6) is -0.206. The number of rotatable bonds is 7. The van der Waals surface area contributed by atoms with Crippen LogP contribution in [0.1, 0.15) is 59.7 Å². The summed E-state index contributed by atoms with van der Waals surface area (Å²) in [7, 11) is 0. The number of esters is 1. The fourth-order valence-electron chi connectivity index (χ4n) is 2.85. The van der Waals surface area contributed by atoms with Crippen molar-refractivity contribution in [2.45, 2.75) is 33.1 Å². The molecule has 3 aromatic rings. The Kier molecular flexibility index (Phi) is 7.10. The molecule has 0 saturated heterocycles. The number of ether oxygens (including phenoxy) is 2. The van der Waals surface area contributed by atoms with Crippen molar-refractivity contribution in [3.8, 4) is 11.5 Å². The first-order valence-corrected chi connectivity index (χ1v) is 10.2. The zero-order chi connectivity index (χ0) is 23.1. The van der Waals surface area contributed by atoms with E-state index in [4.69, 9.17) is 13.9 Å². The number of carbonyl (C=O) groups excluding carboxylic acids is 2. The lowest BCUT2D eigenvalue weighted by Gasteiger charge is -2.18. The van der Waals surface area contributed by atoms with E-state index in [1.807, 2.05) is 19.1 Å². The Bertz CT molecular complexity index is 1090. The van der Waals surface area contributed by atoms with Gasteiger partial charge in [-0.25, -0.2) is 10.2 Å². The Morgan fingerprint density at radius 1 is 1.06 bits per heavy atom. The summed E-state index contributed by atoms with van der Waals surface area (Å²) in [5, 5.41) is 4.02. The number of hydrogen-bond acceptors (Lipinski definition) is 6. The Morgan fingerprint density at radius 3 is 2.44 bits per heavy atom. The molecule has 0 saturated carbocycles. The molecule has 0 unspecified atom stereocenters. The molecule has 1 amide bonds. The van der Waals surface area contributed by atoms with Crippen LogP contribution in [0, 0.1) is 0 Å². The molecule has 2 aromatic carbocycles. The molecule has 1 N–H and O–H groups in total. The minimum absolute atomic E-state index is 0.0177. The van der Waals surface area contributed by atoms with Gasteiger partial charge < -0.3 is 13.9 Å². The van der Waals surface area contributed by atoms with Crippen molar-refractivity contribution >= 4 is 18.1 Å². The molecule has 0 aliphatic heterocycles. The maximum atomic E-state index is 12.3. The van der Waals surface area contributed by atoms with Gasteiger partial charge in [-0.3, -0.25) is 4.79 Å².